The molecule has 2 N–H and O–H groups in total. The Kier molecular flexibility index (Phi) is 3.88. The number of aromatic carboxylic acids is 1. The van der Waals surface area contributed by atoms with Crippen LogP contribution in [-0.4, -0.2) is 26.8 Å². The first-order valence-electron chi connectivity index (χ1n) is 6.88. The Labute approximate surface area is 132 Å². The van der Waals surface area contributed by atoms with Crippen LogP contribution in [0, 0.1) is 0 Å². The van der Waals surface area contributed by atoms with Crippen molar-refractivity contribution in [2.45, 2.75) is 0 Å². The summed E-state index contributed by atoms with van der Waals surface area (Å²) in [6.07, 6.45) is 2.69. The van der Waals surface area contributed by atoms with Crippen molar-refractivity contribution in [2.24, 2.45) is 0 Å². The van der Waals surface area contributed by atoms with Gasteiger partial charge < -0.3 is 10.4 Å². The predicted molar refractivity (Wildman–Crippen MR) is 84.9 cm³/mol. The first-order valence-corrected chi connectivity index (χ1v) is 6.88. The molecule has 0 bridgehead atoms. The monoisotopic (exact) mass is 307 g/mol. The van der Waals surface area contributed by atoms with Gasteiger partial charge >= 0.3 is 5.97 Å². The molecular weight excluding hydrogens is 294 g/mol. The molecule has 1 amide bonds. The van der Waals surface area contributed by atoms with Crippen molar-refractivity contribution in [1.29, 1.82) is 0 Å². The highest BCUT2D eigenvalue weighted by Crippen LogP contribution is 2.13. The molecule has 0 radical (unpaired) electrons. The van der Waals surface area contributed by atoms with E-state index in [1.54, 1.807) is 24.3 Å². The first-order chi connectivity index (χ1) is 11.1. The Morgan fingerprint density at radius 1 is 0.957 bits per heavy atom. The third-order valence-corrected chi connectivity index (χ3v) is 3.26. The summed E-state index contributed by atoms with van der Waals surface area (Å²) in [7, 11) is 0. The lowest BCUT2D eigenvalue weighted by atomic mass is 10.2. The molecule has 0 spiro atoms. The maximum absolute atomic E-state index is 12.1. The van der Waals surface area contributed by atoms with Gasteiger partial charge in [-0.1, -0.05) is 18.2 Å². The zero-order valence-electron chi connectivity index (χ0n) is 12.0. The molecule has 0 aliphatic heterocycles. The number of hydrogen-bond acceptors (Lipinski definition) is 3. The summed E-state index contributed by atoms with van der Waals surface area (Å²) in [6, 6.07) is 15.9. The lowest BCUT2D eigenvalue weighted by molar-refractivity contribution is 0.0696. The number of nitrogens with zero attached hydrogens (tertiary/aromatic N) is 2. The smallest absolute Gasteiger partial charge is 0.338 e. The molecule has 1 heterocycles. The summed E-state index contributed by atoms with van der Waals surface area (Å²) in [5.41, 5.74) is 2.01. The Balaban J connectivity index is 1.76. The zero-order chi connectivity index (χ0) is 16.2. The molecule has 0 atom stereocenters. The summed E-state index contributed by atoms with van der Waals surface area (Å²) in [5.74, 6) is -1.25. The Bertz CT molecular complexity index is 839. The van der Waals surface area contributed by atoms with Crippen LogP contribution in [0.25, 0.3) is 5.69 Å². The van der Waals surface area contributed by atoms with Crippen LogP contribution < -0.4 is 5.32 Å². The fourth-order valence-electron chi connectivity index (χ4n) is 2.06. The highest BCUT2D eigenvalue weighted by Gasteiger charge is 2.09. The molecule has 3 rings (SSSR count). The van der Waals surface area contributed by atoms with Crippen molar-refractivity contribution in [1.82, 2.24) is 9.78 Å². The summed E-state index contributed by atoms with van der Waals surface area (Å²) in [5, 5.41) is 15.7. The SMILES string of the molecule is O=C(O)c1cnn(-c2ccc(C(=O)Nc3ccccc3)cc2)c1. The number of carboxylic acid groups (broad SMARTS) is 1. The highest BCUT2D eigenvalue weighted by atomic mass is 16.4. The van der Waals surface area contributed by atoms with Crippen LogP contribution in [0.4, 0.5) is 5.69 Å². The van der Waals surface area contributed by atoms with Gasteiger partial charge in [0.2, 0.25) is 0 Å². The topological polar surface area (TPSA) is 84.2 Å². The van der Waals surface area contributed by atoms with Crippen LogP contribution in [0.2, 0.25) is 0 Å². The fourth-order valence-corrected chi connectivity index (χ4v) is 2.06. The van der Waals surface area contributed by atoms with Gasteiger partial charge in [-0.25, -0.2) is 9.48 Å². The van der Waals surface area contributed by atoms with Crippen molar-refractivity contribution >= 4 is 17.6 Å². The number of rotatable bonds is 4. The van der Waals surface area contributed by atoms with Crippen molar-refractivity contribution in [3.05, 3.63) is 78.1 Å². The minimum atomic E-state index is -1.03. The number of carbonyl (C=O) groups excluding carboxylic acids is 1. The van der Waals surface area contributed by atoms with E-state index in [2.05, 4.69) is 10.4 Å². The fraction of sp³-hybridized carbons (Fsp3) is 0. The second-order valence-electron chi connectivity index (χ2n) is 4.85. The van der Waals surface area contributed by atoms with Crippen LogP contribution in [-0.2, 0) is 0 Å². The molecule has 0 aliphatic carbocycles. The Hall–Kier alpha value is -3.41. The van der Waals surface area contributed by atoms with E-state index < -0.39 is 5.97 Å². The van der Waals surface area contributed by atoms with Crippen LogP contribution in [0.15, 0.2) is 67.0 Å². The molecular formula is C17H13N3O3. The maximum Gasteiger partial charge on any atom is 0.338 e. The predicted octanol–water partition coefficient (Wildman–Crippen LogP) is 2.82. The van der Waals surface area contributed by atoms with Crippen molar-refractivity contribution < 1.29 is 14.7 Å². The summed E-state index contributed by atoms with van der Waals surface area (Å²) >= 11 is 0. The van der Waals surface area contributed by atoms with Crippen LogP contribution in [0.5, 0.6) is 0 Å². The van der Waals surface area contributed by atoms with Crippen LogP contribution in [0.1, 0.15) is 20.7 Å². The number of hydrogen-bond donors (Lipinski definition) is 2. The molecule has 0 aliphatic rings. The average Bonchev–Trinajstić information content (AvgIpc) is 3.06. The van der Waals surface area contributed by atoms with Gasteiger partial charge in [-0.15, -0.1) is 0 Å². The molecule has 6 heteroatoms. The Morgan fingerprint density at radius 3 is 2.26 bits per heavy atom. The number of aromatic nitrogens is 2. The Morgan fingerprint density at radius 2 is 1.65 bits per heavy atom. The van der Waals surface area contributed by atoms with E-state index in [-0.39, 0.29) is 11.5 Å². The minimum Gasteiger partial charge on any atom is -0.478 e. The number of benzene rings is 2. The van der Waals surface area contributed by atoms with Gasteiger partial charge in [0.25, 0.3) is 5.91 Å². The van der Waals surface area contributed by atoms with E-state index in [4.69, 9.17) is 5.11 Å². The molecule has 0 unspecified atom stereocenters. The number of para-hydroxylation sites is 1. The standard InChI is InChI=1S/C17H13N3O3/c21-16(19-14-4-2-1-3-5-14)12-6-8-15(9-7-12)20-11-13(10-18-20)17(22)23/h1-11H,(H,19,21)(H,22,23). The molecule has 3 aromatic rings. The van der Waals surface area contributed by atoms with Crippen molar-refractivity contribution in [3.63, 3.8) is 0 Å². The third-order valence-electron chi connectivity index (χ3n) is 3.26. The molecule has 2 aromatic carbocycles. The molecule has 0 saturated heterocycles. The molecule has 0 saturated carbocycles. The van der Waals surface area contributed by atoms with Gasteiger partial charge in [0, 0.05) is 17.4 Å². The maximum atomic E-state index is 12.1. The molecule has 1 aromatic heterocycles. The lowest BCUT2D eigenvalue weighted by Crippen LogP contribution is -2.11. The van der Waals surface area contributed by atoms with Gasteiger partial charge in [0.1, 0.15) is 0 Å². The van der Waals surface area contributed by atoms with E-state index in [1.807, 2.05) is 30.3 Å². The van der Waals surface area contributed by atoms with Crippen LogP contribution >= 0.6 is 0 Å². The van der Waals surface area contributed by atoms with Gasteiger partial charge in [0.15, 0.2) is 0 Å². The van der Waals surface area contributed by atoms with Crippen molar-refractivity contribution in [3.8, 4) is 5.69 Å². The van der Waals surface area contributed by atoms with E-state index in [0.29, 0.717) is 11.3 Å². The highest BCUT2D eigenvalue weighted by molar-refractivity contribution is 6.04. The molecule has 0 fully saturated rings. The van der Waals surface area contributed by atoms with E-state index in [0.717, 1.165) is 5.69 Å². The number of nitrogens with one attached hydrogen (secondary N) is 1. The zero-order valence-corrected chi connectivity index (χ0v) is 12.0. The number of carboxylic acids is 1. The van der Waals surface area contributed by atoms with Gasteiger partial charge in [-0.2, -0.15) is 5.10 Å². The van der Waals surface area contributed by atoms with Gasteiger partial charge in [-0.3, -0.25) is 4.79 Å². The van der Waals surface area contributed by atoms with Crippen molar-refractivity contribution in [2.75, 3.05) is 5.32 Å². The normalized spacial score (nSPS) is 10.3. The molecule has 114 valence electrons. The second kappa shape index (κ2) is 6.15. The number of carbonyl (C=O) groups is 2. The number of amides is 1. The number of anilines is 1. The quantitative estimate of drug-likeness (QED) is 0.776. The lowest BCUT2D eigenvalue weighted by Gasteiger charge is -2.06. The summed E-state index contributed by atoms with van der Waals surface area (Å²) < 4.78 is 1.45. The average molecular weight is 307 g/mol. The largest absolute Gasteiger partial charge is 0.478 e. The second-order valence-corrected chi connectivity index (χ2v) is 4.85. The molecule has 23 heavy (non-hydrogen) atoms. The third kappa shape index (κ3) is 3.26. The minimum absolute atomic E-state index is 0.107. The molecule has 6 nitrogen and oxygen atoms in total. The first kappa shape index (κ1) is 14.5. The summed E-state index contributed by atoms with van der Waals surface area (Å²) in [6.45, 7) is 0. The van der Waals surface area contributed by atoms with E-state index >= 15 is 0 Å². The van der Waals surface area contributed by atoms with Gasteiger partial charge in [-0.05, 0) is 36.4 Å². The van der Waals surface area contributed by atoms with E-state index in [1.165, 1.54) is 17.1 Å². The van der Waals surface area contributed by atoms with E-state index in [9.17, 15) is 9.59 Å². The van der Waals surface area contributed by atoms with Gasteiger partial charge in [0.05, 0.1) is 17.4 Å². The summed E-state index contributed by atoms with van der Waals surface area (Å²) in [4.78, 5) is 23.0. The van der Waals surface area contributed by atoms with Crippen LogP contribution in [0.3, 0.4) is 0 Å².